The summed E-state index contributed by atoms with van der Waals surface area (Å²) >= 11 is 0. The minimum Gasteiger partial charge on any atom is -0.496 e. The summed E-state index contributed by atoms with van der Waals surface area (Å²) in [6, 6.07) is 7.84. The summed E-state index contributed by atoms with van der Waals surface area (Å²) < 4.78 is 49.5. The maximum Gasteiger partial charge on any atom is 0.342 e. The van der Waals surface area contributed by atoms with E-state index in [1.54, 1.807) is 18.2 Å². The Balaban J connectivity index is 1.94. The summed E-state index contributed by atoms with van der Waals surface area (Å²) in [6.45, 7) is 2.53. The van der Waals surface area contributed by atoms with Gasteiger partial charge in [-0.15, -0.1) is 0 Å². The second kappa shape index (κ2) is 10.3. The van der Waals surface area contributed by atoms with E-state index in [1.807, 2.05) is 11.5 Å². The third kappa shape index (κ3) is 4.80. The fourth-order valence-corrected chi connectivity index (χ4v) is 4.43. The minimum absolute atomic E-state index is 0.110. The first-order chi connectivity index (χ1) is 16.2. The highest BCUT2D eigenvalue weighted by Gasteiger charge is 2.22. The molecule has 0 aliphatic carbocycles. The molecule has 11 heteroatoms. The predicted octanol–water partition coefficient (Wildman–Crippen LogP) is 3.08. The number of fused-ring (bicyclic) bond motifs is 1. The second-order valence-electron chi connectivity index (χ2n) is 7.60. The molecule has 0 fully saturated rings. The van der Waals surface area contributed by atoms with Crippen LogP contribution in [0.3, 0.4) is 0 Å². The number of hydrogen-bond donors (Lipinski definition) is 0. The molecule has 34 heavy (non-hydrogen) atoms. The lowest BCUT2D eigenvalue weighted by molar-refractivity contribution is 0.0454. The summed E-state index contributed by atoms with van der Waals surface area (Å²) in [7, 11) is 3.75. The van der Waals surface area contributed by atoms with Crippen LogP contribution < -0.4 is 14.2 Å². The third-order valence-corrected chi connectivity index (χ3v) is 7.09. The largest absolute Gasteiger partial charge is 0.496 e. The second-order valence-corrected chi connectivity index (χ2v) is 9.75. The maximum absolute atomic E-state index is 12.9. The van der Waals surface area contributed by atoms with E-state index in [9.17, 15) is 13.2 Å². The monoisotopic (exact) mass is 491 g/mol. The molecular formula is C23H29N3O7S. The van der Waals surface area contributed by atoms with Crippen LogP contribution in [0.5, 0.6) is 17.2 Å². The van der Waals surface area contributed by atoms with Crippen molar-refractivity contribution < 1.29 is 32.2 Å². The Morgan fingerprint density at radius 1 is 1.00 bits per heavy atom. The molecular weight excluding hydrogens is 462 g/mol. The molecule has 0 N–H and O–H groups in total. The van der Waals surface area contributed by atoms with Gasteiger partial charge in [0.25, 0.3) is 0 Å². The molecule has 0 saturated carbocycles. The Kier molecular flexibility index (Phi) is 7.68. The summed E-state index contributed by atoms with van der Waals surface area (Å²) in [5.41, 5.74) is 1.44. The van der Waals surface area contributed by atoms with Crippen molar-refractivity contribution >= 4 is 27.0 Å². The number of esters is 1. The molecule has 2 aromatic carbocycles. The van der Waals surface area contributed by atoms with Gasteiger partial charge in [0.1, 0.15) is 23.7 Å². The molecule has 184 valence electrons. The Labute approximate surface area is 199 Å². The number of benzene rings is 2. The number of ether oxygens (including phenoxy) is 4. The summed E-state index contributed by atoms with van der Waals surface area (Å²) in [6.07, 6.45) is 0.813. The highest BCUT2D eigenvalue weighted by molar-refractivity contribution is 7.89. The molecule has 0 spiro atoms. The lowest BCUT2D eigenvalue weighted by Crippen LogP contribution is -2.22. The van der Waals surface area contributed by atoms with E-state index in [-0.39, 0.29) is 22.8 Å². The number of methoxy groups -OCH3 is 3. The van der Waals surface area contributed by atoms with Crippen LogP contribution in [0.4, 0.5) is 0 Å². The number of sulfonamides is 1. The summed E-state index contributed by atoms with van der Waals surface area (Å²) in [5.74, 6) is 0.947. The lowest BCUT2D eigenvalue weighted by Gasteiger charge is -2.14. The normalized spacial score (nSPS) is 11.6. The van der Waals surface area contributed by atoms with Crippen LogP contribution in [-0.2, 0) is 27.9 Å². The van der Waals surface area contributed by atoms with Crippen molar-refractivity contribution in [2.75, 3.05) is 35.4 Å². The van der Waals surface area contributed by atoms with Crippen molar-refractivity contribution in [3.8, 4) is 17.2 Å². The highest BCUT2D eigenvalue weighted by atomic mass is 32.2. The van der Waals surface area contributed by atoms with Crippen LogP contribution in [0.1, 0.15) is 29.5 Å². The Morgan fingerprint density at radius 3 is 2.24 bits per heavy atom. The van der Waals surface area contributed by atoms with Crippen molar-refractivity contribution in [1.29, 1.82) is 0 Å². The first-order valence-electron chi connectivity index (χ1n) is 10.6. The van der Waals surface area contributed by atoms with E-state index >= 15 is 0 Å². The molecule has 0 aliphatic rings. The average molecular weight is 492 g/mol. The summed E-state index contributed by atoms with van der Waals surface area (Å²) in [5, 5.41) is 0. The first-order valence-corrected chi connectivity index (χ1v) is 12.0. The number of aryl methyl sites for hydroxylation is 1. The van der Waals surface area contributed by atoms with Crippen LogP contribution in [0.15, 0.2) is 35.2 Å². The van der Waals surface area contributed by atoms with E-state index in [0.717, 1.165) is 16.2 Å². The van der Waals surface area contributed by atoms with Gasteiger partial charge in [0.2, 0.25) is 10.0 Å². The van der Waals surface area contributed by atoms with Gasteiger partial charge in [0, 0.05) is 32.8 Å². The fourth-order valence-electron chi connectivity index (χ4n) is 3.51. The van der Waals surface area contributed by atoms with Gasteiger partial charge in [0.05, 0.1) is 37.3 Å². The van der Waals surface area contributed by atoms with E-state index in [1.165, 1.54) is 47.6 Å². The molecule has 0 atom stereocenters. The smallest absolute Gasteiger partial charge is 0.342 e. The molecule has 1 heterocycles. The van der Waals surface area contributed by atoms with Gasteiger partial charge in [-0.2, -0.15) is 0 Å². The molecule has 0 saturated heterocycles. The quantitative estimate of drug-likeness (QED) is 0.398. The molecule has 0 radical (unpaired) electrons. The van der Waals surface area contributed by atoms with Gasteiger partial charge in [-0.25, -0.2) is 22.5 Å². The third-order valence-electron chi connectivity index (χ3n) is 5.28. The fraction of sp³-hybridized carbons (Fsp3) is 0.391. The number of aromatic nitrogens is 2. The van der Waals surface area contributed by atoms with Crippen molar-refractivity contribution in [3.05, 3.63) is 41.7 Å². The van der Waals surface area contributed by atoms with Crippen LogP contribution in [0.25, 0.3) is 11.0 Å². The molecule has 10 nitrogen and oxygen atoms in total. The zero-order chi connectivity index (χ0) is 25.0. The number of nitrogens with zero attached hydrogens (tertiary/aromatic N) is 3. The Hall–Kier alpha value is -3.31. The zero-order valence-electron chi connectivity index (χ0n) is 20.1. The zero-order valence-corrected chi connectivity index (χ0v) is 20.9. The number of hydrogen-bond acceptors (Lipinski definition) is 8. The number of carbonyl (C=O) groups is 1. The van der Waals surface area contributed by atoms with Gasteiger partial charge in [-0.05, 0) is 24.6 Å². The average Bonchev–Trinajstić information content (AvgIpc) is 3.18. The van der Waals surface area contributed by atoms with E-state index in [4.69, 9.17) is 18.9 Å². The van der Waals surface area contributed by atoms with Crippen molar-refractivity contribution in [2.24, 2.45) is 0 Å². The Bertz CT molecular complexity index is 1300. The molecule has 0 bridgehead atoms. The summed E-state index contributed by atoms with van der Waals surface area (Å²) in [4.78, 5) is 17.6. The van der Waals surface area contributed by atoms with Crippen LogP contribution in [-0.4, -0.2) is 63.7 Å². The standard InChI is InChI=1S/C23H29N3O7S/c1-7-10-26-18-9-8-15(34(28,29)25(2)3)11-17(18)24-22(26)14-33-23(27)16-12-20(31-5)21(32-6)13-19(16)30-4/h8-9,11-13H,7,10,14H2,1-6H3. The highest BCUT2D eigenvalue weighted by Crippen LogP contribution is 2.35. The lowest BCUT2D eigenvalue weighted by atomic mass is 10.1. The van der Waals surface area contributed by atoms with E-state index in [0.29, 0.717) is 29.4 Å². The van der Waals surface area contributed by atoms with Crippen LogP contribution in [0, 0.1) is 0 Å². The Morgan fingerprint density at radius 2 is 1.65 bits per heavy atom. The number of carbonyl (C=O) groups excluding carboxylic acids is 1. The van der Waals surface area contributed by atoms with E-state index < -0.39 is 16.0 Å². The van der Waals surface area contributed by atoms with E-state index in [2.05, 4.69) is 4.98 Å². The SMILES string of the molecule is CCCn1c(COC(=O)c2cc(OC)c(OC)cc2OC)nc2cc(S(=O)(=O)N(C)C)ccc21. The molecule has 0 aliphatic heterocycles. The number of rotatable bonds is 10. The van der Waals surface area contributed by atoms with Gasteiger partial charge in [-0.3, -0.25) is 0 Å². The topological polar surface area (TPSA) is 109 Å². The van der Waals surface area contributed by atoms with Crippen molar-refractivity contribution in [1.82, 2.24) is 13.9 Å². The van der Waals surface area contributed by atoms with Crippen molar-refractivity contribution in [2.45, 2.75) is 31.4 Å². The minimum atomic E-state index is -3.60. The maximum atomic E-state index is 12.9. The van der Waals surface area contributed by atoms with Gasteiger partial charge >= 0.3 is 5.97 Å². The number of imidazole rings is 1. The predicted molar refractivity (Wildman–Crippen MR) is 126 cm³/mol. The van der Waals surface area contributed by atoms with Crippen LogP contribution >= 0.6 is 0 Å². The molecule has 1 aromatic heterocycles. The van der Waals surface area contributed by atoms with Gasteiger partial charge in [0.15, 0.2) is 11.5 Å². The van der Waals surface area contributed by atoms with Crippen LogP contribution in [0.2, 0.25) is 0 Å². The molecule has 3 rings (SSSR count). The van der Waals surface area contributed by atoms with Gasteiger partial charge in [-0.1, -0.05) is 6.92 Å². The van der Waals surface area contributed by atoms with Gasteiger partial charge < -0.3 is 23.5 Å². The molecule has 3 aromatic rings. The molecule has 0 amide bonds. The van der Waals surface area contributed by atoms with Crippen molar-refractivity contribution in [3.63, 3.8) is 0 Å². The molecule has 0 unspecified atom stereocenters. The first kappa shape index (κ1) is 25.3.